The van der Waals surface area contributed by atoms with Gasteiger partial charge in [0.15, 0.2) is 0 Å². The maximum absolute atomic E-state index is 11.3. The summed E-state index contributed by atoms with van der Waals surface area (Å²) in [5.74, 6) is -1.88. The van der Waals surface area contributed by atoms with Crippen molar-refractivity contribution in [1.29, 1.82) is 0 Å². The van der Waals surface area contributed by atoms with Crippen molar-refractivity contribution < 1.29 is 23.2 Å². The molecule has 0 aromatic heterocycles. The Morgan fingerprint density at radius 1 is 1.27 bits per heavy atom. The van der Waals surface area contributed by atoms with Gasteiger partial charge in [-0.3, -0.25) is 14.8 Å². The predicted molar refractivity (Wildman–Crippen MR) is 48.3 cm³/mol. The molecule has 1 heterocycles. The summed E-state index contributed by atoms with van der Waals surface area (Å²) in [5, 5.41) is 8.96. The minimum atomic E-state index is -2.57. The summed E-state index contributed by atoms with van der Waals surface area (Å²) in [6.45, 7) is 0. The molecule has 0 radical (unpaired) electrons. The zero-order chi connectivity index (χ0) is 11.2. The second-order valence-corrected chi connectivity index (χ2v) is 3.94. The van der Waals surface area contributed by atoms with Crippen molar-refractivity contribution in [2.24, 2.45) is 0 Å². The Morgan fingerprint density at radius 3 is 2.53 bits per heavy atom. The lowest BCUT2D eigenvalue weighted by Crippen LogP contribution is -2.28. The van der Waals surface area contributed by atoms with Crippen LogP contribution in [-0.2, 0) is 19.9 Å². The van der Waals surface area contributed by atoms with E-state index in [0.29, 0.717) is 0 Å². The largest absolute Gasteiger partial charge is 0.287 e. The topological polar surface area (TPSA) is 91.8 Å². The lowest BCUT2D eigenvalue weighted by molar-refractivity contribution is -0.169. The molecule has 6 nitrogen and oxygen atoms in total. The van der Waals surface area contributed by atoms with Gasteiger partial charge in [0.25, 0.3) is 11.8 Å². The minimum Gasteiger partial charge on any atom is -0.278 e. The van der Waals surface area contributed by atoms with E-state index in [2.05, 4.69) is 0 Å². The zero-order valence-electron chi connectivity index (χ0n) is 7.30. The van der Waals surface area contributed by atoms with Gasteiger partial charge in [0.2, 0.25) is 10.3 Å². The Balaban J connectivity index is 2.74. The molecular weight excluding hydrogens is 222 g/mol. The van der Waals surface area contributed by atoms with Crippen molar-refractivity contribution in [2.75, 3.05) is 0 Å². The van der Waals surface area contributed by atoms with Crippen LogP contribution in [0, 0.1) is 0 Å². The molecule has 15 heavy (non-hydrogen) atoms. The Kier molecular flexibility index (Phi) is 2.06. The number of imide groups is 1. The van der Waals surface area contributed by atoms with Gasteiger partial charge in [-0.2, -0.15) is 8.42 Å². The first-order valence-corrected chi connectivity index (χ1v) is 5.05. The highest BCUT2D eigenvalue weighted by Crippen LogP contribution is 2.25. The highest BCUT2D eigenvalue weighted by Gasteiger charge is 2.40. The molecule has 1 aliphatic carbocycles. The van der Waals surface area contributed by atoms with Crippen LogP contribution in [0.4, 0.5) is 0 Å². The Bertz CT molecular complexity index is 558. The summed E-state index contributed by atoms with van der Waals surface area (Å²) >= 11 is 0. The fourth-order valence-corrected chi connectivity index (χ4v) is 2.09. The quantitative estimate of drug-likeness (QED) is 0.327. The van der Waals surface area contributed by atoms with E-state index >= 15 is 0 Å². The van der Waals surface area contributed by atoms with Gasteiger partial charge in [-0.05, 0) is 0 Å². The second kappa shape index (κ2) is 3.14. The molecule has 0 saturated carbocycles. The van der Waals surface area contributed by atoms with Gasteiger partial charge in [0.1, 0.15) is 0 Å². The molecule has 0 unspecified atom stereocenters. The third-order valence-corrected chi connectivity index (χ3v) is 2.94. The Hall–Kier alpha value is -1.73. The fourth-order valence-electron chi connectivity index (χ4n) is 1.50. The van der Waals surface area contributed by atoms with E-state index in [9.17, 15) is 18.0 Å². The smallest absolute Gasteiger partial charge is 0.278 e. The van der Waals surface area contributed by atoms with Crippen molar-refractivity contribution in [3.63, 3.8) is 0 Å². The zero-order valence-corrected chi connectivity index (χ0v) is 8.11. The molecule has 1 aliphatic heterocycles. The van der Waals surface area contributed by atoms with Crippen LogP contribution in [0.3, 0.4) is 0 Å². The number of rotatable bonds is 0. The van der Waals surface area contributed by atoms with Crippen LogP contribution in [-0.4, -0.2) is 35.4 Å². The number of allylic oxidation sites excluding steroid dienone is 1. The summed E-state index contributed by atoms with van der Waals surface area (Å²) in [7, 11) is -2.57. The number of hydroxylamine groups is 2. The summed E-state index contributed by atoms with van der Waals surface area (Å²) in [5.41, 5.74) is -0.300. The van der Waals surface area contributed by atoms with Crippen LogP contribution >= 0.6 is 0 Å². The maximum Gasteiger partial charge on any atom is 0.287 e. The summed E-state index contributed by atoms with van der Waals surface area (Å²) in [6, 6.07) is 0. The van der Waals surface area contributed by atoms with E-state index in [1.165, 1.54) is 12.2 Å². The molecule has 2 rings (SSSR count). The van der Waals surface area contributed by atoms with Crippen molar-refractivity contribution in [3.8, 4) is 0 Å². The van der Waals surface area contributed by atoms with Gasteiger partial charge in [-0.25, -0.2) is 0 Å². The molecule has 2 aliphatic rings. The van der Waals surface area contributed by atoms with E-state index in [0.717, 1.165) is 0 Å². The molecule has 0 spiro atoms. The molecule has 2 amide bonds. The van der Waals surface area contributed by atoms with Crippen molar-refractivity contribution >= 4 is 27.0 Å². The highest BCUT2D eigenvalue weighted by atomic mass is 32.2. The highest BCUT2D eigenvalue weighted by molar-refractivity contribution is 7.73. The second-order valence-electron chi connectivity index (χ2n) is 2.98. The molecule has 7 heteroatoms. The molecule has 0 fully saturated rings. The summed E-state index contributed by atoms with van der Waals surface area (Å²) < 4.78 is 21.6. The number of hydrogen-bond donors (Lipinski definition) is 1. The first-order chi connectivity index (χ1) is 7.04. The van der Waals surface area contributed by atoms with Crippen LogP contribution in [0.25, 0.3) is 0 Å². The number of carbonyl (C=O) groups is 2. The van der Waals surface area contributed by atoms with Crippen LogP contribution < -0.4 is 0 Å². The molecule has 0 aromatic carbocycles. The van der Waals surface area contributed by atoms with Crippen LogP contribution in [0.2, 0.25) is 0 Å². The fraction of sp³-hybridized carbons (Fsp3) is 0.125. The van der Waals surface area contributed by atoms with Gasteiger partial charge < -0.3 is 0 Å². The standard InChI is InChI=1S/C8H5NO5S/c10-7-4-2-1-3-5(15(13)14)6(4)8(11)9(7)12/h1-2,12H,3H2. The first kappa shape index (κ1) is 9.81. The third-order valence-electron chi connectivity index (χ3n) is 2.17. The van der Waals surface area contributed by atoms with E-state index in [4.69, 9.17) is 5.21 Å². The van der Waals surface area contributed by atoms with Crippen molar-refractivity contribution in [2.45, 2.75) is 6.42 Å². The minimum absolute atomic E-state index is 0.0573. The summed E-state index contributed by atoms with van der Waals surface area (Å²) in [4.78, 5) is 22.4. The van der Waals surface area contributed by atoms with Gasteiger partial charge in [-0.15, -0.1) is 5.06 Å². The molecule has 0 saturated heterocycles. The Morgan fingerprint density at radius 2 is 1.93 bits per heavy atom. The number of nitrogens with zero attached hydrogens (tertiary/aromatic N) is 1. The van der Waals surface area contributed by atoms with E-state index in [1.807, 2.05) is 0 Å². The van der Waals surface area contributed by atoms with Crippen LogP contribution in [0.15, 0.2) is 23.3 Å². The molecular formula is C8H5NO5S. The van der Waals surface area contributed by atoms with E-state index < -0.39 is 22.1 Å². The molecule has 1 N–H and O–H groups in total. The number of amides is 2. The SMILES string of the molecule is O=C1C2=C(C(=O)N1O)C(=S(=O)=O)CC=C2. The third kappa shape index (κ3) is 1.24. The van der Waals surface area contributed by atoms with E-state index in [-0.39, 0.29) is 27.5 Å². The lowest BCUT2D eigenvalue weighted by Gasteiger charge is -2.04. The monoisotopic (exact) mass is 227 g/mol. The first-order valence-electron chi connectivity index (χ1n) is 3.98. The van der Waals surface area contributed by atoms with Crippen LogP contribution in [0.1, 0.15) is 6.42 Å². The molecule has 0 bridgehead atoms. The molecule has 0 atom stereocenters. The van der Waals surface area contributed by atoms with Gasteiger partial charge in [0.05, 0.1) is 16.0 Å². The lowest BCUT2D eigenvalue weighted by atomic mass is 9.99. The normalized spacial score (nSPS) is 20.1. The average molecular weight is 227 g/mol. The average Bonchev–Trinajstić information content (AvgIpc) is 2.44. The predicted octanol–water partition coefficient (Wildman–Crippen LogP) is -0.948. The number of hydrogen-bond acceptors (Lipinski definition) is 5. The van der Waals surface area contributed by atoms with Crippen molar-refractivity contribution in [3.05, 3.63) is 23.3 Å². The van der Waals surface area contributed by atoms with Gasteiger partial charge >= 0.3 is 0 Å². The van der Waals surface area contributed by atoms with Gasteiger partial charge in [-0.1, -0.05) is 12.2 Å². The van der Waals surface area contributed by atoms with Crippen molar-refractivity contribution in [1.82, 2.24) is 5.06 Å². The molecule has 78 valence electrons. The maximum atomic E-state index is 11.3. The molecule has 0 aromatic rings. The summed E-state index contributed by atoms with van der Waals surface area (Å²) in [6.07, 6.45) is 2.85. The van der Waals surface area contributed by atoms with E-state index in [1.54, 1.807) is 0 Å². The Labute approximate surface area is 85.6 Å². The van der Waals surface area contributed by atoms with Gasteiger partial charge in [0, 0.05) is 6.42 Å². The number of carbonyl (C=O) groups excluding carboxylic acids is 2. The van der Waals surface area contributed by atoms with Crippen LogP contribution in [0.5, 0.6) is 0 Å².